The zero-order chi connectivity index (χ0) is 13.4. The SMILES string of the molecule is CC1=CC2=CC(C=[Si](C)C)N(c3ccccc3)C2=C1.Cl.Cl. The Morgan fingerprint density at radius 1 is 1.05 bits per heavy atom. The first-order valence-electron chi connectivity index (χ1n) is 6.76. The summed E-state index contributed by atoms with van der Waals surface area (Å²) >= 11 is 0. The fraction of sp³-hybridized carbons (Fsp3) is 0.235. The fourth-order valence-electron chi connectivity index (χ4n) is 2.79. The Morgan fingerprint density at radius 2 is 1.71 bits per heavy atom. The molecule has 0 spiro atoms. The second-order valence-electron chi connectivity index (χ2n) is 5.48. The largest absolute Gasteiger partial charge is 0.331 e. The van der Waals surface area contributed by atoms with Crippen LogP contribution in [0.1, 0.15) is 6.92 Å². The molecule has 112 valence electrons. The van der Waals surface area contributed by atoms with E-state index in [2.05, 4.69) is 79.1 Å². The fourth-order valence-corrected chi connectivity index (χ4v) is 3.71. The maximum atomic E-state index is 2.51. The standard InChI is InChI=1S/C17H19NSi.2ClH/c1-13-9-14-11-16(12-19(2)3)18(17(14)10-13)15-7-5-4-6-8-15;;/h4-12,16H,1-3H3;2*1H. The predicted molar refractivity (Wildman–Crippen MR) is 101 cm³/mol. The van der Waals surface area contributed by atoms with E-state index in [1.54, 1.807) is 0 Å². The first-order chi connectivity index (χ1) is 9.15. The van der Waals surface area contributed by atoms with Gasteiger partial charge in [0.2, 0.25) is 0 Å². The van der Waals surface area contributed by atoms with Gasteiger partial charge >= 0.3 is 0 Å². The zero-order valence-corrected chi connectivity index (χ0v) is 15.2. The van der Waals surface area contributed by atoms with Crippen molar-refractivity contribution in [2.24, 2.45) is 0 Å². The number of para-hydroxylation sites is 1. The molecule has 0 bridgehead atoms. The van der Waals surface area contributed by atoms with Gasteiger partial charge in [0, 0.05) is 19.8 Å². The summed E-state index contributed by atoms with van der Waals surface area (Å²) in [5.41, 5.74) is 7.87. The second-order valence-corrected chi connectivity index (χ2v) is 7.97. The Morgan fingerprint density at radius 3 is 2.33 bits per heavy atom. The highest BCUT2D eigenvalue weighted by molar-refractivity contribution is 6.64. The summed E-state index contributed by atoms with van der Waals surface area (Å²) in [7, 11) is -0.360. The molecular formula is C17H21Cl2NSi. The van der Waals surface area contributed by atoms with Crippen LogP contribution in [-0.2, 0) is 0 Å². The van der Waals surface area contributed by atoms with Gasteiger partial charge in [0.25, 0.3) is 0 Å². The molecule has 0 saturated heterocycles. The lowest BCUT2D eigenvalue weighted by Crippen LogP contribution is -2.31. The summed E-state index contributed by atoms with van der Waals surface area (Å²) in [6.45, 7) is 6.86. The van der Waals surface area contributed by atoms with Crippen LogP contribution >= 0.6 is 24.8 Å². The van der Waals surface area contributed by atoms with Crippen molar-refractivity contribution in [2.45, 2.75) is 26.1 Å². The van der Waals surface area contributed by atoms with E-state index in [0.29, 0.717) is 6.04 Å². The topological polar surface area (TPSA) is 3.24 Å². The van der Waals surface area contributed by atoms with Crippen molar-refractivity contribution in [3.63, 3.8) is 0 Å². The van der Waals surface area contributed by atoms with Crippen LogP contribution in [0.5, 0.6) is 0 Å². The first-order valence-corrected chi connectivity index (χ1v) is 9.34. The smallest absolute Gasteiger partial charge is 0.0677 e. The zero-order valence-electron chi connectivity index (χ0n) is 12.5. The normalized spacial score (nSPS) is 18.7. The predicted octanol–water partition coefficient (Wildman–Crippen LogP) is 4.63. The molecule has 0 radical (unpaired) electrons. The molecule has 0 N–H and O–H groups in total. The van der Waals surface area contributed by atoms with Crippen molar-refractivity contribution < 1.29 is 0 Å². The van der Waals surface area contributed by atoms with Crippen LogP contribution in [0.15, 0.2) is 65.4 Å². The van der Waals surface area contributed by atoms with Gasteiger partial charge in [-0.1, -0.05) is 43.0 Å². The Bertz CT molecular complexity index is 625. The molecule has 0 saturated carbocycles. The molecule has 0 amide bonds. The lowest BCUT2D eigenvalue weighted by atomic mass is 10.2. The van der Waals surface area contributed by atoms with Crippen molar-refractivity contribution in [2.75, 3.05) is 4.90 Å². The highest BCUT2D eigenvalue weighted by atomic mass is 35.5. The van der Waals surface area contributed by atoms with Gasteiger partial charge < -0.3 is 4.90 Å². The number of allylic oxidation sites excluding steroid dienone is 3. The number of anilines is 1. The van der Waals surface area contributed by atoms with Crippen molar-refractivity contribution in [1.82, 2.24) is 0 Å². The van der Waals surface area contributed by atoms with Crippen molar-refractivity contribution in [3.8, 4) is 0 Å². The first kappa shape index (κ1) is 18.0. The summed E-state index contributed by atoms with van der Waals surface area (Å²) in [5.74, 6) is 0. The van der Waals surface area contributed by atoms with Gasteiger partial charge in [-0.25, -0.2) is 0 Å². The summed E-state index contributed by atoms with van der Waals surface area (Å²) < 4.78 is 0. The van der Waals surface area contributed by atoms with Gasteiger partial charge in [-0.3, -0.25) is 0 Å². The second kappa shape index (κ2) is 7.26. The lowest BCUT2D eigenvalue weighted by Gasteiger charge is -2.26. The quantitative estimate of drug-likeness (QED) is 0.711. The number of rotatable bonds is 2. The molecule has 21 heavy (non-hydrogen) atoms. The number of nitrogens with zero attached hydrogens (tertiary/aromatic N) is 1. The Kier molecular flexibility index (Phi) is 6.20. The molecule has 1 nitrogen and oxygen atoms in total. The average Bonchev–Trinajstić information content (AvgIpc) is 2.84. The van der Waals surface area contributed by atoms with Gasteiger partial charge in [-0.05, 0) is 42.4 Å². The summed E-state index contributed by atoms with van der Waals surface area (Å²) in [4.78, 5) is 2.46. The summed E-state index contributed by atoms with van der Waals surface area (Å²) in [6, 6.07) is 11.1. The monoisotopic (exact) mass is 337 g/mol. The van der Waals surface area contributed by atoms with E-state index in [9.17, 15) is 0 Å². The Labute approximate surface area is 141 Å². The van der Waals surface area contributed by atoms with E-state index in [1.807, 2.05) is 0 Å². The Balaban J connectivity index is 0.00000110. The molecule has 3 rings (SSSR count). The van der Waals surface area contributed by atoms with E-state index in [4.69, 9.17) is 0 Å². The van der Waals surface area contributed by atoms with E-state index >= 15 is 0 Å². The minimum absolute atomic E-state index is 0. The molecule has 0 aromatic heterocycles. The molecule has 4 heteroatoms. The van der Waals surface area contributed by atoms with Crippen molar-refractivity contribution in [3.05, 3.63) is 65.4 Å². The highest BCUT2D eigenvalue weighted by Gasteiger charge is 2.29. The van der Waals surface area contributed by atoms with Gasteiger partial charge in [0.1, 0.15) is 0 Å². The van der Waals surface area contributed by atoms with Crippen LogP contribution in [0.2, 0.25) is 13.1 Å². The molecule has 1 aliphatic carbocycles. The Hall–Kier alpha value is -1.09. The minimum Gasteiger partial charge on any atom is -0.331 e. The van der Waals surface area contributed by atoms with Crippen LogP contribution in [0.4, 0.5) is 5.69 Å². The van der Waals surface area contributed by atoms with E-state index in [1.165, 1.54) is 22.5 Å². The lowest BCUT2D eigenvalue weighted by molar-refractivity contribution is 1.00. The molecule has 1 aliphatic heterocycles. The van der Waals surface area contributed by atoms with Crippen LogP contribution < -0.4 is 4.90 Å². The highest BCUT2D eigenvalue weighted by Crippen LogP contribution is 2.37. The van der Waals surface area contributed by atoms with E-state index < -0.39 is 0 Å². The summed E-state index contributed by atoms with van der Waals surface area (Å²) in [6.07, 6.45) is 6.98. The van der Waals surface area contributed by atoms with Crippen molar-refractivity contribution >= 4 is 44.6 Å². The third kappa shape index (κ3) is 3.57. The molecule has 1 aromatic rings. The van der Waals surface area contributed by atoms with Gasteiger partial charge in [-0.15, -0.1) is 24.8 Å². The van der Waals surface area contributed by atoms with E-state index in [0.717, 1.165) is 0 Å². The molecule has 0 fully saturated rings. The van der Waals surface area contributed by atoms with Crippen LogP contribution in [0, 0.1) is 0 Å². The molecule has 2 aliphatic rings. The molecule has 1 aromatic carbocycles. The third-order valence-electron chi connectivity index (χ3n) is 3.49. The molecule has 1 atom stereocenters. The van der Waals surface area contributed by atoms with Crippen LogP contribution in [0.3, 0.4) is 0 Å². The summed E-state index contributed by atoms with van der Waals surface area (Å²) in [5, 5.41) is 0. The molecule has 1 heterocycles. The van der Waals surface area contributed by atoms with E-state index in [-0.39, 0.29) is 33.2 Å². The van der Waals surface area contributed by atoms with Crippen LogP contribution in [0.25, 0.3) is 0 Å². The maximum absolute atomic E-state index is 2.51. The number of benzene rings is 1. The number of halogens is 2. The molecular weight excluding hydrogens is 317 g/mol. The number of hydrogen-bond donors (Lipinski definition) is 0. The third-order valence-corrected chi connectivity index (χ3v) is 4.50. The average molecular weight is 338 g/mol. The number of fused-ring (bicyclic) bond motifs is 1. The van der Waals surface area contributed by atoms with Gasteiger partial charge in [0.05, 0.1) is 6.04 Å². The maximum Gasteiger partial charge on any atom is 0.0677 e. The number of hydrogen-bond acceptors (Lipinski definition) is 1. The van der Waals surface area contributed by atoms with Crippen molar-refractivity contribution in [1.29, 1.82) is 0 Å². The minimum atomic E-state index is -0.360. The van der Waals surface area contributed by atoms with Gasteiger partial charge in [0.15, 0.2) is 0 Å². The van der Waals surface area contributed by atoms with Gasteiger partial charge in [-0.2, -0.15) is 0 Å². The van der Waals surface area contributed by atoms with Crippen LogP contribution in [-0.4, -0.2) is 20.1 Å². The molecule has 1 unspecified atom stereocenters.